The number of carbonyl (C=O) groups excluding carboxylic acids is 1. The van der Waals surface area contributed by atoms with E-state index in [1.807, 2.05) is 5.48 Å². The van der Waals surface area contributed by atoms with Crippen LogP contribution in [0.5, 0.6) is 0 Å². The topological polar surface area (TPSA) is 132 Å². The molecule has 5 N–H and O–H groups in total. The maximum absolute atomic E-state index is 10.8. The minimum atomic E-state index is -0.762. The molecule has 9 heteroatoms. The summed E-state index contributed by atoms with van der Waals surface area (Å²) in [7, 11) is 0. The third-order valence-corrected chi connectivity index (χ3v) is 1.84. The molecule has 0 amide bonds. The summed E-state index contributed by atoms with van der Waals surface area (Å²) in [6, 6.07) is 8.69. The maximum Gasteiger partial charge on any atom is 0.382 e. The van der Waals surface area contributed by atoms with Crippen LogP contribution < -0.4 is 22.1 Å². The van der Waals surface area contributed by atoms with Crippen molar-refractivity contribution in [2.75, 3.05) is 5.43 Å². The molecule has 0 bridgehead atoms. The number of hydrazine groups is 1. The van der Waals surface area contributed by atoms with Gasteiger partial charge in [-0.2, -0.15) is 10.9 Å². The number of hydrogen-bond acceptors (Lipinski definition) is 8. The van der Waals surface area contributed by atoms with Crippen LogP contribution in [0.15, 0.2) is 42.0 Å². The van der Waals surface area contributed by atoms with Gasteiger partial charge in [0.05, 0.1) is 5.69 Å². The number of para-hydroxylation sites is 1. The van der Waals surface area contributed by atoms with Crippen LogP contribution in [0.3, 0.4) is 0 Å². The summed E-state index contributed by atoms with van der Waals surface area (Å²) in [5, 5.41) is 10.8. The van der Waals surface area contributed by atoms with E-state index in [4.69, 9.17) is 5.73 Å². The smallest absolute Gasteiger partial charge is 0.376 e. The second-order valence-electron chi connectivity index (χ2n) is 3.33. The van der Waals surface area contributed by atoms with E-state index >= 15 is 0 Å². The summed E-state index contributed by atoms with van der Waals surface area (Å²) in [4.78, 5) is 24.9. The Labute approximate surface area is 108 Å². The summed E-state index contributed by atoms with van der Waals surface area (Å²) >= 11 is 0. The summed E-state index contributed by atoms with van der Waals surface area (Å²) in [6.45, 7) is 1.13. The van der Waals surface area contributed by atoms with Crippen molar-refractivity contribution in [3.05, 3.63) is 52.1 Å². The average molecular weight is 267 g/mol. The van der Waals surface area contributed by atoms with Crippen molar-refractivity contribution in [2.45, 2.75) is 6.92 Å². The summed E-state index contributed by atoms with van der Waals surface area (Å²) in [5.41, 5.74) is 12.8. The molecule has 0 saturated carbocycles. The fraction of sp³-hybridized carbons (Fsp3) is 0.100. The molecule has 9 nitrogen and oxygen atoms in total. The van der Waals surface area contributed by atoms with Gasteiger partial charge in [0.1, 0.15) is 0 Å². The van der Waals surface area contributed by atoms with Crippen molar-refractivity contribution in [1.29, 1.82) is 0 Å². The number of benzene rings is 1. The minimum Gasteiger partial charge on any atom is -0.376 e. The number of nitrogens with two attached hydrogens (primary N) is 1. The van der Waals surface area contributed by atoms with Crippen molar-refractivity contribution in [3.8, 4) is 0 Å². The zero-order chi connectivity index (χ0) is 14.3. The average Bonchev–Trinajstić information content (AvgIpc) is 2.37. The lowest BCUT2D eigenvalue weighted by molar-refractivity contribution is -0.433. The van der Waals surface area contributed by atoms with E-state index in [2.05, 4.69) is 15.7 Å². The SMILES string of the molecule is CC(=O)ONC(N)=C(NNc1ccccc1)[N+](=O)[O-]. The van der Waals surface area contributed by atoms with Crippen LogP contribution in [0.4, 0.5) is 5.69 Å². The van der Waals surface area contributed by atoms with E-state index in [1.165, 1.54) is 0 Å². The van der Waals surface area contributed by atoms with Gasteiger partial charge in [0.2, 0.25) is 5.82 Å². The van der Waals surface area contributed by atoms with Crippen LogP contribution >= 0.6 is 0 Å². The van der Waals surface area contributed by atoms with Crippen molar-refractivity contribution >= 4 is 11.7 Å². The van der Waals surface area contributed by atoms with Gasteiger partial charge in [-0.25, -0.2) is 5.43 Å². The molecule has 0 aliphatic heterocycles. The van der Waals surface area contributed by atoms with Crippen LogP contribution in [-0.2, 0) is 9.63 Å². The monoisotopic (exact) mass is 267 g/mol. The Bertz CT molecular complexity index is 488. The maximum atomic E-state index is 10.8. The first-order valence-electron chi connectivity index (χ1n) is 5.15. The number of hydrogen-bond donors (Lipinski definition) is 4. The molecule has 0 fully saturated rings. The van der Waals surface area contributed by atoms with Gasteiger partial charge in [0.15, 0.2) is 0 Å². The normalized spacial score (nSPS) is 11.0. The van der Waals surface area contributed by atoms with E-state index < -0.39 is 22.5 Å². The van der Waals surface area contributed by atoms with Crippen LogP contribution in [0.25, 0.3) is 0 Å². The molecule has 0 aromatic heterocycles. The Morgan fingerprint density at radius 2 is 2.00 bits per heavy atom. The zero-order valence-electron chi connectivity index (χ0n) is 10.0. The van der Waals surface area contributed by atoms with E-state index in [0.717, 1.165) is 6.92 Å². The van der Waals surface area contributed by atoms with Crippen molar-refractivity contribution in [1.82, 2.24) is 10.9 Å². The third kappa shape index (κ3) is 4.81. The third-order valence-electron chi connectivity index (χ3n) is 1.84. The van der Waals surface area contributed by atoms with E-state index in [-0.39, 0.29) is 0 Å². The number of nitro groups is 1. The molecule has 0 radical (unpaired) electrons. The number of rotatable bonds is 6. The van der Waals surface area contributed by atoms with Crippen LogP contribution in [-0.4, -0.2) is 10.9 Å². The van der Waals surface area contributed by atoms with Crippen molar-refractivity contribution < 1.29 is 14.6 Å². The highest BCUT2D eigenvalue weighted by Gasteiger charge is 2.15. The van der Waals surface area contributed by atoms with Gasteiger partial charge >= 0.3 is 11.8 Å². The number of anilines is 1. The second-order valence-corrected chi connectivity index (χ2v) is 3.33. The Balaban J connectivity index is 2.69. The molecule has 1 rings (SSSR count). The summed E-state index contributed by atoms with van der Waals surface area (Å²) in [5.74, 6) is -1.70. The molecule has 1 aromatic rings. The van der Waals surface area contributed by atoms with E-state index in [0.29, 0.717) is 5.69 Å². The molecule has 0 saturated heterocycles. The first-order valence-corrected chi connectivity index (χ1v) is 5.15. The number of hydroxylamine groups is 1. The Morgan fingerprint density at radius 3 is 2.53 bits per heavy atom. The van der Waals surface area contributed by atoms with Gasteiger partial charge in [-0.15, -0.1) is 0 Å². The molecule has 0 atom stereocenters. The standard InChI is InChI=1S/C10H13N5O4/c1-7(16)19-14-9(11)10(15(17)18)13-12-8-5-3-2-4-6-8/h2-6,12-14H,11H2,1H3. The minimum absolute atomic E-state index is 0.441. The Morgan fingerprint density at radius 1 is 1.37 bits per heavy atom. The van der Waals surface area contributed by atoms with Gasteiger partial charge in [-0.3, -0.25) is 4.79 Å². The molecule has 0 unspecified atom stereocenters. The predicted octanol–water partition coefficient (Wildman–Crippen LogP) is 0.0328. The number of nitrogens with zero attached hydrogens (tertiary/aromatic N) is 1. The molecule has 0 spiro atoms. The second kappa shape index (κ2) is 6.69. The van der Waals surface area contributed by atoms with E-state index in [1.54, 1.807) is 30.3 Å². The Hall–Kier alpha value is -2.97. The lowest BCUT2D eigenvalue weighted by Gasteiger charge is -2.09. The highest BCUT2D eigenvalue weighted by Crippen LogP contribution is 2.04. The van der Waals surface area contributed by atoms with Crippen LogP contribution in [0.2, 0.25) is 0 Å². The summed E-state index contributed by atoms with van der Waals surface area (Å²) < 4.78 is 0. The number of nitrogens with one attached hydrogen (secondary N) is 3. The molecule has 1 aromatic carbocycles. The van der Waals surface area contributed by atoms with Gasteiger partial charge in [0, 0.05) is 6.92 Å². The summed E-state index contributed by atoms with van der Waals surface area (Å²) in [6.07, 6.45) is 0. The van der Waals surface area contributed by atoms with Gasteiger partial charge in [-0.1, -0.05) is 18.2 Å². The van der Waals surface area contributed by atoms with Crippen LogP contribution in [0, 0.1) is 10.1 Å². The predicted molar refractivity (Wildman–Crippen MR) is 66.3 cm³/mol. The fourth-order valence-electron chi connectivity index (χ4n) is 1.04. The van der Waals surface area contributed by atoms with Crippen molar-refractivity contribution in [3.63, 3.8) is 0 Å². The molecule has 0 aliphatic rings. The van der Waals surface area contributed by atoms with Gasteiger partial charge in [-0.05, 0) is 17.1 Å². The molecular formula is C10H13N5O4. The lowest BCUT2D eigenvalue weighted by Crippen LogP contribution is -2.34. The molecule has 102 valence electrons. The molecule has 19 heavy (non-hydrogen) atoms. The first kappa shape index (κ1) is 14.1. The fourth-order valence-corrected chi connectivity index (χ4v) is 1.04. The van der Waals surface area contributed by atoms with Gasteiger partial charge < -0.3 is 20.7 Å². The largest absolute Gasteiger partial charge is 0.382 e. The highest BCUT2D eigenvalue weighted by atomic mass is 16.7. The first-order chi connectivity index (χ1) is 9.00. The van der Waals surface area contributed by atoms with E-state index in [9.17, 15) is 14.9 Å². The molecule has 0 heterocycles. The van der Waals surface area contributed by atoms with Crippen molar-refractivity contribution in [2.24, 2.45) is 5.73 Å². The molecule has 0 aliphatic carbocycles. The highest BCUT2D eigenvalue weighted by molar-refractivity contribution is 5.65. The van der Waals surface area contributed by atoms with Gasteiger partial charge in [0.25, 0.3) is 0 Å². The van der Waals surface area contributed by atoms with Crippen LogP contribution in [0.1, 0.15) is 6.92 Å². The number of carbonyl (C=O) groups is 1. The lowest BCUT2D eigenvalue weighted by atomic mass is 10.3. The quantitative estimate of drug-likeness (QED) is 0.419. The molecular weight excluding hydrogens is 254 g/mol. The Kier molecular flexibility index (Phi) is 4.96. The zero-order valence-corrected chi connectivity index (χ0v) is 10.0.